The molecule has 2 aliphatic heterocycles. The monoisotopic (exact) mass is 415 g/mol. The van der Waals surface area contributed by atoms with Crippen LogP contribution in [0.2, 0.25) is 0 Å². The van der Waals surface area contributed by atoms with Crippen LogP contribution in [0.4, 0.5) is 13.2 Å². The van der Waals surface area contributed by atoms with Crippen LogP contribution in [0, 0.1) is 0 Å². The van der Waals surface area contributed by atoms with E-state index in [1.165, 1.54) is 12.1 Å². The van der Waals surface area contributed by atoms with E-state index in [1.807, 2.05) is 6.92 Å². The zero-order chi connectivity index (χ0) is 20.7. The molecule has 2 fully saturated rings. The number of alkyl halides is 3. The van der Waals surface area contributed by atoms with Crippen LogP contribution >= 0.6 is 0 Å². The second kappa shape index (κ2) is 10.2. The summed E-state index contributed by atoms with van der Waals surface area (Å²) in [6.45, 7) is 6.05. The molecule has 2 saturated heterocycles. The first kappa shape index (κ1) is 21.7. The Morgan fingerprint density at radius 2 is 2.10 bits per heavy atom. The van der Waals surface area contributed by atoms with E-state index in [1.54, 1.807) is 0 Å². The van der Waals surface area contributed by atoms with Gasteiger partial charge >= 0.3 is 6.18 Å². The molecule has 1 aromatic carbocycles. The van der Waals surface area contributed by atoms with Gasteiger partial charge in [0.2, 0.25) is 0 Å². The van der Waals surface area contributed by atoms with Gasteiger partial charge in [-0.2, -0.15) is 13.2 Å². The summed E-state index contributed by atoms with van der Waals surface area (Å²) in [5.74, 6) is 0.941. The Kier molecular flexibility index (Phi) is 7.60. The molecular formula is C20H28F3N3O3. The van der Waals surface area contributed by atoms with E-state index in [0.29, 0.717) is 19.7 Å². The molecule has 1 aromatic rings. The normalized spacial score (nSPS) is 23.3. The number of rotatable bonds is 6. The van der Waals surface area contributed by atoms with Crippen molar-refractivity contribution in [2.45, 2.75) is 38.1 Å². The highest BCUT2D eigenvalue weighted by molar-refractivity contribution is 5.80. The largest absolute Gasteiger partial charge is 0.492 e. The third kappa shape index (κ3) is 6.24. The average molecular weight is 415 g/mol. The van der Waals surface area contributed by atoms with Crippen LogP contribution in [0.15, 0.2) is 29.3 Å². The van der Waals surface area contributed by atoms with E-state index in [2.05, 4.69) is 15.2 Å². The number of nitrogens with zero attached hydrogens (tertiary/aromatic N) is 2. The van der Waals surface area contributed by atoms with Crippen LogP contribution in [0.5, 0.6) is 5.75 Å². The predicted molar refractivity (Wildman–Crippen MR) is 103 cm³/mol. The molecule has 0 saturated carbocycles. The highest BCUT2D eigenvalue weighted by Gasteiger charge is 2.32. The van der Waals surface area contributed by atoms with E-state index in [4.69, 9.17) is 14.2 Å². The van der Waals surface area contributed by atoms with Gasteiger partial charge in [0.15, 0.2) is 5.96 Å². The summed E-state index contributed by atoms with van der Waals surface area (Å²) in [4.78, 5) is 6.71. The second-order valence-electron chi connectivity index (χ2n) is 7.02. The van der Waals surface area contributed by atoms with Crippen LogP contribution in [0.3, 0.4) is 0 Å². The van der Waals surface area contributed by atoms with Crippen LogP contribution in [0.25, 0.3) is 0 Å². The molecule has 2 heterocycles. The number of guanidine groups is 1. The lowest BCUT2D eigenvalue weighted by atomic mass is 10.1. The van der Waals surface area contributed by atoms with E-state index in [-0.39, 0.29) is 24.6 Å². The molecule has 0 radical (unpaired) electrons. The fraction of sp³-hybridized carbons (Fsp3) is 0.650. The number of aliphatic imine (C=N–C) groups is 1. The van der Waals surface area contributed by atoms with Gasteiger partial charge in [0.25, 0.3) is 0 Å². The first-order chi connectivity index (χ1) is 14.0. The number of nitrogens with one attached hydrogen (secondary N) is 1. The van der Waals surface area contributed by atoms with E-state index in [0.717, 1.165) is 50.6 Å². The Balaban J connectivity index is 1.54. The van der Waals surface area contributed by atoms with Gasteiger partial charge in [0, 0.05) is 26.2 Å². The van der Waals surface area contributed by atoms with Gasteiger partial charge in [-0.3, -0.25) is 0 Å². The van der Waals surface area contributed by atoms with Gasteiger partial charge in [-0.15, -0.1) is 0 Å². The van der Waals surface area contributed by atoms with Crippen LogP contribution in [0.1, 0.15) is 25.3 Å². The lowest BCUT2D eigenvalue weighted by Crippen LogP contribution is -2.53. The molecule has 0 aliphatic carbocycles. The molecule has 3 rings (SSSR count). The molecule has 0 bridgehead atoms. The maximum absolute atomic E-state index is 12.8. The number of halogens is 3. The van der Waals surface area contributed by atoms with Crippen LogP contribution in [-0.4, -0.2) is 69.1 Å². The standard InChI is InChI=1S/C20H28F3N3O3/c1-2-24-19(26-9-12-29-18(14-26)17-7-4-10-28-17)25-8-11-27-16-6-3-5-15(13-16)20(21,22)23/h3,5-6,13,17-18H,2,4,7-12,14H2,1H3,(H,24,25). The molecule has 0 spiro atoms. The van der Waals surface area contributed by atoms with Gasteiger partial charge in [-0.1, -0.05) is 6.07 Å². The number of ether oxygens (including phenoxy) is 3. The Labute approximate surface area is 169 Å². The van der Waals surface area contributed by atoms with Gasteiger partial charge < -0.3 is 24.4 Å². The lowest BCUT2D eigenvalue weighted by molar-refractivity contribution is -0.137. The molecule has 162 valence electrons. The summed E-state index contributed by atoms with van der Waals surface area (Å²) >= 11 is 0. The molecule has 9 heteroatoms. The van der Waals surface area contributed by atoms with Crippen molar-refractivity contribution in [2.24, 2.45) is 4.99 Å². The quantitative estimate of drug-likeness (QED) is 0.440. The number of morpholine rings is 1. The molecule has 1 N–H and O–H groups in total. The molecule has 6 nitrogen and oxygen atoms in total. The van der Waals surface area contributed by atoms with Gasteiger partial charge in [0.1, 0.15) is 18.5 Å². The predicted octanol–water partition coefficient (Wildman–Crippen LogP) is 2.93. The van der Waals surface area contributed by atoms with Gasteiger partial charge in [-0.25, -0.2) is 4.99 Å². The van der Waals surface area contributed by atoms with Crippen molar-refractivity contribution >= 4 is 5.96 Å². The third-order valence-electron chi connectivity index (χ3n) is 4.89. The summed E-state index contributed by atoms with van der Waals surface area (Å²) in [7, 11) is 0. The minimum atomic E-state index is -4.38. The molecular weight excluding hydrogens is 387 g/mol. The Morgan fingerprint density at radius 3 is 2.83 bits per heavy atom. The summed E-state index contributed by atoms with van der Waals surface area (Å²) in [6.07, 6.45) is -2.16. The maximum atomic E-state index is 12.8. The third-order valence-corrected chi connectivity index (χ3v) is 4.89. The van der Waals surface area contributed by atoms with Crippen molar-refractivity contribution in [3.8, 4) is 5.75 Å². The van der Waals surface area contributed by atoms with Crippen molar-refractivity contribution in [3.05, 3.63) is 29.8 Å². The lowest BCUT2D eigenvalue weighted by Gasteiger charge is -2.37. The molecule has 2 unspecified atom stereocenters. The first-order valence-electron chi connectivity index (χ1n) is 10.0. The number of hydrogen-bond donors (Lipinski definition) is 1. The zero-order valence-electron chi connectivity index (χ0n) is 16.6. The average Bonchev–Trinajstić information content (AvgIpc) is 3.25. The minimum Gasteiger partial charge on any atom is -0.492 e. The summed E-state index contributed by atoms with van der Waals surface area (Å²) < 4.78 is 55.4. The Bertz CT molecular complexity index is 678. The van der Waals surface area contributed by atoms with Crippen LogP contribution in [-0.2, 0) is 15.7 Å². The molecule has 2 atom stereocenters. The summed E-state index contributed by atoms with van der Waals surface area (Å²) in [5.41, 5.74) is -0.722. The fourth-order valence-electron chi connectivity index (χ4n) is 3.49. The number of hydrogen-bond acceptors (Lipinski definition) is 4. The molecule has 0 amide bonds. The first-order valence-corrected chi connectivity index (χ1v) is 10.0. The molecule has 29 heavy (non-hydrogen) atoms. The highest BCUT2D eigenvalue weighted by Crippen LogP contribution is 2.31. The summed E-state index contributed by atoms with van der Waals surface area (Å²) in [5, 5.41) is 3.27. The smallest absolute Gasteiger partial charge is 0.416 e. The van der Waals surface area contributed by atoms with Crippen molar-refractivity contribution in [3.63, 3.8) is 0 Å². The van der Waals surface area contributed by atoms with Crippen molar-refractivity contribution in [2.75, 3.05) is 46.0 Å². The Morgan fingerprint density at radius 1 is 1.28 bits per heavy atom. The van der Waals surface area contributed by atoms with E-state index >= 15 is 0 Å². The van der Waals surface area contributed by atoms with E-state index in [9.17, 15) is 13.2 Å². The molecule has 0 aromatic heterocycles. The zero-order valence-corrected chi connectivity index (χ0v) is 16.6. The van der Waals surface area contributed by atoms with Crippen molar-refractivity contribution < 1.29 is 27.4 Å². The van der Waals surface area contributed by atoms with Crippen molar-refractivity contribution in [1.82, 2.24) is 10.2 Å². The Hall–Kier alpha value is -2.00. The van der Waals surface area contributed by atoms with Crippen molar-refractivity contribution in [1.29, 1.82) is 0 Å². The SMILES string of the molecule is CCNC(=NCCOc1cccc(C(F)(F)F)c1)N1CCOC(C2CCCO2)C1. The molecule has 2 aliphatic rings. The maximum Gasteiger partial charge on any atom is 0.416 e. The second-order valence-corrected chi connectivity index (χ2v) is 7.02. The highest BCUT2D eigenvalue weighted by atomic mass is 19.4. The topological polar surface area (TPSA) is 55.3 Å². The van der Waals surface area contributed by atoms with Gasteiger partial charge in [0.05, 0.1) is 24.8 Å². The minimum absolute atomic E-state index is 0.0245. The van der Waals surface area contributed by atoms with E-state index < -0.39 is 11.7 Å². The summed E-state index contributed by atoms with van der Waals surface area (Å²) in [6, 6.07) is 4.88. The van der Waals surface area contributed by atoms with Gasteiger partial charge in [-0.05, 0) is 38.0 Å². The fourth-order valence-corrected chi connectivity index (χ4v) is 3.49. The van der Waals surface area contributed by atoms with Crippen LogP contribution < -0.4 is 10.1 Å². The number of benzene rings is 1.